The number of hydrogen-bond acceptors (Lipinski definition) is 5. The van der Waals surface area contributed by atoms with Crippen LogP contribution < -0.4 is 0 Å². The van der Waals surface area contributed by atoms with Crippen LogP contribution in [0.25, 0.3) is 0 Å². The number of nitrogens with zero attached hydrogens (tertiary/aromatic N) is 3. The van der Waals surface area contributed by atoms with Crippen LogP contribution in [0.5, 0.6) is 0 Å². The maximum absolute atomic E-state index is 12.1. The number of nitriles is 1. The number of rotatable bonds is 4. The van der Waals surface area contributed by atoms with Crippen molar-refractivity contribution in [1.82, 2.24) is 4.31 Å². The van der Waals surface area contributed by atoms with E-state index in [4.69, 9.17) is 5.26 Å². The molecule has 0 radical (unpaired) electrons. The molecule has 0 N–H and O–H groups in total. The summed E-state index contributed by atoms with van der Waals surface area (Å²) in [6.45, 7) is 2.23. The van der Waals surface area contributed by atoms with E-state index >= 15 is 0 Å². The Kier molecular flexibility index (Phi) is 4.82. The van der Waals surface area contributed by atoms with Gasteiger partial charge in [0.15, 0.2) is 5.25 Å². The predicted molar refractivity (Wildman–Crippen MR) is 61.3 cm³/mol. The maximum Gasteiger partial charge on any atom is 0.235 e. The highest BCUT2D eigenvalue weighted by molar-refractivity contribution is 7.90. The van der Waals surface area contributed by atoms with Crippen LogP contribution in [0.4, 0.5) is 0 Å². The van der Waals surface area contributed by atoms with Gasteiger partial charge in [0.05, 0.1) is 12.1 Å². The molecule has 1 saturated heterocycles. The van der Waals surface area contributed by atoms with E-state index in [-0.39, 0.29) is 19.0 Å². The summed E-state index contributed by atoms with van der Waals surface area (Å²) in [5, 5.41) is 7.81. The van der Waals surface area contributed by atoms with Gasteiger partial charge in [0.1, 0.15) is 0 Å². The highest BCUT2D eigenvalue weighted by atomic mass is 32.2. The summed E-state index contributed by atoms with van der Waals surface area (Å²) in [5.41, 5.74) is 0. The zero-order valence-corrected chi connectivity index (χ0v) is 10.5. The van der Waals surface area contributed by atoms with Crippen LogP contribution >= 0.6 is 0 Å². The molecule has 0 amide bonds. The summed E-state index contributed by atoms with van der Waals surface area (Å²) in [6, 6.07) is 1.47. The zero-order valence-electron chi connectivity index (χ0n) is 9.66. The van der Waals surface area contributed by atoms with Gasteiger partial charge in [-0.1, -0.05) is 6.92 Å². The van der Waals surface area contributed by atoms with Crippen molar-refractivity contribution in [3.8, 4) is 6.07 Å². The van der Waals surface area contributed by atoms with Crippen molar-refractivity contribution >= 4 is 16.1 Å². The van der Waals surface area contributed by atoms with E-state index in [2.05, 4.69) is 4.99 Å². The van der Waals surface area contributed by atoms with E-state index in [0.717, 1.165) is 0 Å². The van der Waals surface area contributed by atoms with Gasteiger partial charge in [-0.3, -0.25) is 0 Å². The average Bonchev–Trinajstić information content (AvgIpc) is 2.31. The molecule has 1 aliphatic rings. The number of aliphatic imine (C=N–C) groups is 1. The molecular weight excluding hydrogens is 242 g/mol. The SMILES string of the molecule is CCC(C#N)S(=O)(=O)N1CCCC(N=C=O)C1. The molecule has 2 atom stereocenters. The van der Waals surface area contributed by atoms with Gasteiger partial charge < -0.3 is 0 Å². The maximum atomic E-state index is 12.1. The van der Waals surface area contributed by atoms with E-state index in [9.17, 15) is 13.2 Å². The molecule has 0 saturated carbocycles. The molecule has 0 aromatic carbocycles. The highest BCUT2D eigenvalue weighted by Crippen LogP contribution is 2.20. The quantitative estimate of drug-likeness (QED) is 0.539. The summed E-state index contributed by atoms with van der Waals surface area (Å²) < 4.78 is 25.4. The summed E-state index contributed by atoms with van der Waals surface area (Å²) in [4.78, 5) is 13.7. The summed E-state index contributed by atoms with van der Waals surface area (Å²) in [6.07, 6.45) is 3.05. The average molecular weight is 257 g/mol. The van der Waals surface area contributed by atoms with Gasteiger partial charge in [0, 0.05) is 13.1 Å². The minimum atomic E-state index is -3.59. The van der Waals surface area contributed by atoms with Gasteiger partial charge in [-0.15, -0.1) is 0 Å². The Morgan fingerprint density at radius 1 is 1.59 bits per heavy atom. The molecule has 0 aliphatic carbocycles. The van der Waals surface area contributed by atoms with Crippen LogP contribution in [-0.4, -0.2) is 43.2 Å². The van der Waals surface area contributed by atoms with Crippen LogP contribution in [0, 0.1) is 11.3 Å². The van der Waals surface area contributed by atoms with Crippen molar-refractivity contribution in [3.63, 3.8) is 0 Å². The number of carbonyl (C=O) groups excluding carboxylic acids is 1. The zero-order chi connectivity index (χ0) is 12.9. The molecule has 1 heterocycles. The Labute approximate surface area is 101 Å². The normalized spacial score (nSPS) is 23.4. The second kappa shape index (κ2) is 5.92. The first-order valence-electron chi connectivity index (χ1n) is 5.51. The molecule has 94 valence electrons. The first-order chi connectivity index (χ1) is 8.06. The Balaban J connectivity index is 2.85. The number of sulfonamides is 1. The van der Waals surface area contributed by atoms with Crippen LogP contribution in [0.2, 0.25) is 0 Å². The van der Waals surface area contributed by atoms with Crippen molar-refractivity contribution in [2.45, 2.75) is 37.5 Å². The molecule has 0 spiro atoms. The molecule has 0 aromatic rings. The molecule has 1 fully saturated rings. The molecule has 1 aliphatic heterocycles. The Bertz CT molecular complexity index is 448. The molecule has 0 aromatic heterocycles. The fourth-order valence-electron chi connectivity index (χ4n) is 1.88. The lowest BCUT2D eigenvalue weighted by Gasteiger charge is -2.30. The number of isocyanates is 1. The molecule has 0 bridgehead atoms. The lowest BCUT2D eigenvalue weighted by atomic mass is 10.1. The third-order valence-electron chi connectivity index (χ3n) is 2.83. The minimum absolute atomic E-state index is 0.176. The van der Waals surface area contributed by atoms with Gasteiger partial charge in [-0.2, -0.15) is 9.57 Å². The largest absolute Gasteiger partial charge is 0.235 e. The topological polar surface area (TPSA) is 90.6 Å². The fourth-order valence-corrected chi connectivity index (χ4v) is 3.56. The van der Waals surface area contributed by atoms with Crippen LogP contribution in [0.3, 0.4) is 0 Å². The molecule has 1 rings (SSSR count). The fraction of sp³-hybridized carbons (Fsp3) is 0.800. The third-order valence-corrected chi connectivity index (χ3v) is 5.04. The number of hydrogen-bond donors (Lipinski definition) is 0. The first-order valence-corrected chi connectivity index (χ1v) is 7.02. The molecule has 2 unspecified atom stereocenters. The summed E-state index contributed by atoms with van der Waals surface area (Å²) in [7, 11) is -3.59. The number of piperidine rings is 1. The Hall–Kier alpha value is -1.22. The van der Waals surface area contributed by atoms with Crippen LogP contribution in [-0.2, 0) is 14.8 Å². The van der Waals surface area contributed by atoms with Crippen molar-refractivity contribution in [2.24, 2.45) is 4.99 Å². The third kappa shape index (κ3) is 3.13. The molecule has 17 heavy (non-hydrogen) atoms. The standard InChI is InChI=1S/C10H15N3O3S/c1-2-10(6-11)17(15,16)13-5-3-4-9(7-13)12-8-14/h9-10H,2-5,7H2,1H3. The minimum Gasteiger partial charge on any atom is -0.211 e. The van der Waals surface area contributed by atoms with Crippen LogP contribution in [0.15, 0.2) is 4.99 Å². The lowest BCUT2D eigenvalue weighted by molar-refractivity contribution is 0.314. The van der Waals surface area contributed by atoms with E-state index in [0.29, 0.717) is 19.4 Å². The molecule has 6 nitrogen and oxygen atoms in total. The van der Waals surface area contributed by atoms with E-state index in [1.807, 2.05) is 0 Å². The van der Waals surface area contributed by atoms with Gasteiger partial charge in [0.25, 0.3) is 0 Å². The summed E-state index contributed by atoms with van der Waals surface area (Å²) >= 11 is 0. The van der Waals surface area contributed by atoms with E-state index < -0.39 is 15.3 Å². The predicted octanol–water partition coefficient (Wildman–Crippen LogP) is 0.419. The van der Waals surface area contributed by atoms with Crippen molar-refractivity contribution in [1.29, 1.82) is 5.26 Å². The first kappa shape index (κ1) is 13.8. The van der Waals surface area contributed by atoms with Crippen LogP contribution in [0.1, 0.15) is 26.2 Å². The molecular formula is C10H15N3O3S. The smallest absolute Gasteiger partial charge is 0.211 e. The van der Waals surface area contributed by atoms with Crippen molar-refractivity contribution in [2.75, 3.05) is 13.1 Å². The second-order valence-corrected chi connectivity index (χ2v) is 6.06. The van der Waals surface area contributed by atoms with Gasteiger partial charge in [-0.05, 0) is 19.3 Å². The second-order valence-electron chi connectivity index (χ2n) is 3.95. The van der Waals surface area contributed by atoms with Gasteiger partial charge in [-0.25, -0.2) is 18.2 Å². The molecule has 7 heteroatoms. The van der Waals surface area contributed by atoms with E-state index in [1.54, 1.807) is 13.0 Å². The van der Waals surface area contributed by atoms with Crippen molar-refractivity contribution < 1.29 is 13.2 Å². The van der Waals surface area contributed by atoms with Gasteiger partial charge in [0.2, 0.25) is 16.1 Å². The van der Waals surface area contributed by atoms with Crippen molar-refractivity contribution in [3.05, 3.63) is 0 Å². The highest BCUT2D eigenvalue weighted by Gasteiger charge is 2.34. The van der Waals surface area contributed by atoms with E-state index in [1.165, 1.54) is 10.4 Å². The Morgan fingerprint density at radius 3 is 2.82 bits per heavy atom. The van der Waals surface area contributed by atoms with Gasteiger partial charge >= 0.3 is 0 Å². The Morgan fingerprint density at radius 2 is 2.29 bits per heavy atom. The summed E-state index contributed by atoms with van der Waals surface area (Å²) in [5.74, 6) is 0. The lowest BCUT2D eigenvalue weighted by Crippen LogP contribution is -2.45. The monoisotopic (exact) mass is 257 g/mol.